The molecule has 1 heterocycles. The minimum atomic E-state index is 0.638. The van der Waals surface area contributed by atoms with E-state index in [0.717, 1.165) is 67.1 Å². The van der Waals surface area contributed by atoms with Gasteiger partial charge in [0.25, 0.3) is 0 Å². The lowest BCUT2D eigenvalue weighted by atomic mass is 10.1. The molecule has 2 N–H and O–H groups in total. The molecule has 0 aliphatic rings. The van der Waals surface area contributed by atoms with Crippen LogP contribution in [0.5, 0.6) is 11.5 Å². The molecule has 0 fully saturated rings. The smallest absolute Gasteiger partial charge is 0.225 e. The number of hydrogen-bond acceptors (Lipinski definition) is 7. The Balaban J connectivity index is 1.93. The second kappa shape index (κ2) is 25.9. The molecule has 0 atom stereocenters. The highest BCUT2D eigenvalue weighted by atomic mass is 16.5. The first-order valence-electron chi connectivity index (χ1n) is 18.7. The first-order chi connectivity index (χ1) is 22.1. The predicted molar refractivity (Wildman–Crippen MR) is 195 cm³/mol. The van der Waals surface area contributed by atoms with Crippen LogP contribution in [0, 0.1) is 0 Å². The van der Waals surface area contributed by atoms with E-state index in [9.17, 15) is 0 Å². The summed E-state index contributed by atoms with van der Waals surface area (Å²) < 4.78 is 11.9. The first kappa shape index (κ1) is 38.9. The average Bonchev–Trinajstić information content (AvgIpc) is 3.04. The van der Waals surface area contributed by atoms with Crippen LogP contribution in [0.2, 0.25) is 0 Å². The molecule has 7 heteroatoms. The van der Waals surface area contributed by atoms with Crippen LogP contribution in [0.25, 0.3) is 10.9 Å². The van der Waals surface area contributed by atoms with Crippen molar-refractivity contribution < 1.29 is 9.47 Å². The molecule has 0 saturated carbocycles. The van der Waals surface area contributed by atoms with E-state index in [-0.39, 0.29) is 0 Å². The fourth-order valence-corrected chi connectivity index (χ4v) is 5.82. The van der Waals surface area contributed by atoms with Gasteiger partial charge in [-0.15, -0.1) is 0 Å². The van der Waals surface area contributed by atoms with Gasteiger partial charge in [0.15, 0.2) is 11.5 Å². The molecule has 2 rings (SSSR count). The second-order valence-corrected chi connectivity index (χ2v) is 13.1. The Morgan fingerprint density at radius 1 is 0.600 bits per heavy atom. The number of ether oxygens (including phenoxy) is 2. The molecule has 258 valence electrons. The number of methoxy groups -OCH3 is 1. The highest BCUT2D eigenvalue weighted by Crippen LogP contribution is 2.35. The molecule has 0 saturated heterocycles. The van der Waals surface area contributed by atoms with E-state index < -0.39 is 0 Å². The summed E-state index contributed by atoms with van der Waals surface area (Å²) in [5.74, 6) is 3.03. The molecule has 0 radical (unpaired) electrons. The van der Waals surface area contributed by atoms with Gasteiger partial charge in [-0.25, -0.2) is 4.98 Å². The molecule has 45 heavy (non-hydrogen) atoms. The maximum absolute atomic E-state index is 6.16. The minimum Gasteiger partial charge on any atom is -0.493 e. The summed E-state index contributed by atoms with van der Waals surface area (Å²) in [7, 11) is 5.87. The molecule has 0 aliphatic carbocycles. The molecule has 0 amide bonds. The van der Waals surface area contributed by atoms with Gasteiger partial charge in [-0.2, -0.15) is 4.98 Å². The van der Waals surface area contributed by atoms with Gasteiger partial charge in [0.1, 0.15) is 5.82 Å². The normalized spacial score (nSPS) is 11.4. The predicted octanol–water partition coefficient (Wildman–Crippen LogP) is 10.6. The maximum Gasteiger partial charge on any atom is 0.225 e. The zero-order valence-corrected chi connectivity index (χ0v) is 30.0. The molecular weight excluding hydrogens is 558 g/mol. The minimum absolute atomic E-state index is 0.638. The van der Waals surface area contributed by atoms with Crippen molar-refractivity contribution in [2.75, 3.05) is 58.1 Å². The quantitative estimate of drug-likeness (QED) is 0.0835. The van der Waals surface area contributed by atoms with Crippen LogP contribution in [0.3, 0.4) is 0 Å². The van der Waals surface area contributed by atoms with Gasteiger partial charge in [-0.05, 0) is 39.4 Å². The number of nitrogens with one attached hydrogen (secondary N) is 2. The van der Waals surface area contributed by atoms with Gasteiger partial charge in [0.05, 0.1) is 19.2 Å². The second-order valence-electron chi connectivity index (χ2n) is 13.1. The van der Waals surface area contributed by atoms with Gasteiger partial charge in [-0.3, -0.25) is 0 Å². The zero-order valence-electron chi connectivity index (χ0n) is 30.0. The molecule has 7 nitrogen and oxygen atoms in total. The topological polar surface area (TPSA) is 71.5 Å². The Morgan fingerprint density at radius 3 is 1.62 bits per heavy atom. The molecule has 0 unspecified atom stereocenters. The van der Waals surface area contributed by atoms with E-state index in [1.165, 1.54) is 116 Å². The van der Waals surface area contributed by atoms with E-state index in [0.29, 0.717) is 12.6 Å². The lowest BCUT2D eigenvalue weighted by molar-refractivity contribution is 0.268. The van der Waals surface area contributed by atoms with Crippen LogP contribution < -0.4 is 20.1 Å². The van der Waals surface area contributed by atoms with Crippen molar-refractivity contribution in [2.45, 2.75) is 149 Å². The molecule has 0 aliphatic heterocycles. The van der Waals surface area contributed by atoms with E-state index >= 15 is 0 Å². The number of hydrogen-bond donors (Lipinski definition) is 2. The summed E-state index contributed by atoms with van der Waals surface area (Å²) in [6.07, 6.45) is 27.6. The molecule has 0 spiro atoms. The van der Waals surface area contributed by atoms with Crippen molar-refractivity contribution in [2.24, 2.45) is 0 Å². The Morgan fingerprint density at radius 2 is 1.11 bits per heavy atom. The lowest BCUT2D eigenvalue weighted by Gasteiger charge is -2.16. The SMILES string of the molecule is CCCCCCCCCCCCNc1nc(NCCCCCCCCCCCC)c2cc(OC)c(OCCCN(C)C)cc2n1. The van der Waals surface area contributed by atoms with E-state index in [4.69, 9.17) is 19.4 Å². The molecular formula is C38H69N5O2. The third kappa shape index (κ3) is 17.9. The number of fused-ring (bicyclic) bond motifs is 1. The van der Waals surface area contributed by atoms with Gasteiger partial charge >= 0.3 is 0 Å². The van der Waals surface area contributed by atoms with Crippen molar-refractivity contribution in [3.05, 3.63) is 12.1 Å². The Kier molecular flexibility index (Phi) is 22.4. The number of anilines is 2. The van der Waals surface area contributed by atoms with E-state index in [1.807, 2.05) is 12.1 Å². The molecule has 1 aromatic heterocycles. The average molecular weight is 628 g/mol. The highest BCUT2D eigenvalue weighted by molar-refractivity contribution is 5.92. The highest BCUT2D eigenvalue weighted by Gasteiger charge is 2.14. The fraction of sp³-hybridized carbons (Fsp3) is 0.789. The summed E-state index contributed by atoms with van der Waals surface area (Å²) in [4.78, 5) is 12.0. The largest absolute Gasteiger partial charge is 0.493 e. The van der Waals surface area contributed by atoms with Crippen LogP contribution >= 0.6 is 0 Å². The fourth-order valence-electron chi connectivity index (χ4n) is 5.82. The molecule has 1 aromatic carbocycles. The van der Waals surface area contributed by atoms with Crippen molar-refractivity contribution in [3.63, 3.8) is 0 Å². The van der Waals surface area contributed by atoms with E-state index in [1.54, 1.807) is 7.11 Å². The van der Waals surface area contributed by atoms with E-state index in [2.05, 4.69) is 43.5 Å². The number of rotatable bonds is 30. The van der Waals surface area contributed by atoms with Gasteiger partial charge in [0.2, 0.25) is 5.95 Å². The molecule has 0 bridgehead atoms. The Hall–Kier alpha value is -2.28. The third-order valence-corrected chi connectivity index (χ3v) is 8.62. The number of nitrogens with zero attached hydrogens (tertiary/aromatic N) is 3. The summed E-state index contributed by atoms with van der Waals surface area (Å²) in [5.41, 5.74) is 0.879. The van der Waals surface area contributed by atoms with Gasteiger partial charge < -0.3 is 25.0 Å². The van der Waals surface area contributed by atoms with Gasteiger partial charge in [-0.1, -0.05) is 129 Å². The van der Waals surface area contributed by atoms with Crippen LogP contribution in [-0.2, 0) is 0 Å². The number of aromatic nitrogens is 2. The third-order valence-electron chi connectivity index (χ3n) is 8.62. The zero-order chi connectivity index (χ0) is 32.4. The summed E-state index contributed by atoms with van der Waals surface area (Å²) in [6, 6.07) is 4.05. The van der Waals surface area contributed by atoms with Crippen LogP contribution in [-0.4, -0.2) is 62.3 Å². The summed E-state index contributed by atoms with van der Waals surface area (Å²) in [6.45, 7) is 7.99. The van der Waals surface area contributed by atoms with Crippen molar-refractivity contribution >= 4 is 22.7 Å². The van der Waals surface area contributed by atoms with Crippen LogP contribution in [0.1, 0.15) is 149 Å². The molecule has 2 aromatic rings. The Bertz CT molecular complexity index is 1000. The maximum atomic E-state index is 6.16. The number of unbranched alkanes of at least 4 members (excludes halogenated alkanes) is 18. The van der Waals surface area contributed by atoms with Crippen LogP contribution in [0.15, 0.2) is 12.1 Å². The van der Waals surface area contributed by atoms with Crippen molar-refractivity contribution in [3.8, 4) is 11.5 Å². The summed E-state index contributed by atoms with van der Waals surface area (Å²) in [5, 5.41) is 8.13. The van der Waals surface area contributed by atoms with Crippen molar-refractivity contribution in [1.29, 1.82) is 0 Å². The standard InChI is InChI=1S/C38H69N5O2/c1-6-8-10-12-14-16-18-20-22-24-27-39-37-33-31-35(44-5)36(45-30-26-29-43(3)4)32-34(33)41-38(42-37)40-28-25-23-21-19-17-15-13-11-9-7-2/h31-32H,6-30H2,1-5H3,(H2,39,40,41,42). The Labute approximate surface area is 277 Å². The first-order valence-corrected chi connectivity index (χ1v) is 18.7. The number of benzene rings is 1. The van der Waals surface area contributed by atoms with Gasteiger partial charge in [0, 0.05) is 31.1 Å². The van der Waals surface area contributed by atoms with Crippen LogP contribution in [0.4, 0.5) is 11.8 Å². The lowest BCUT2D eigenvalue weighted by Crippen LogP contribution is -2.15. The van der Waals surface area contributed by atoms with Crippen molar-refractivity contribution in [1.82, 2.24) is 14.9 Å². The monoisotopic (exact) mass is 628 g/mol. The summed E-state index contributed by atoms with van der Waals surface area (Å²) >= 11 is 0.